The van der Waals surface area contributed by atoms with Gasteiger partial charge in [0.25, 0.3) is 5.91 Å². The molecule has 18 heavy (non-hydrogen) atoms. The van der Waals surface area contributed by atoms with E-state index in [2.05, 4.69) is 15.5 Å². The van der Waals surface area contributed by atoms with Gasteiger partial charge < -0.3 is 5.73 Å². The van der Waals surface area contributed by atoms with Crippen molar-refractivity contribution in [3.8, 4) is 0 Å². The van der Waals surface area contributed by atoms with Gasteiger partial charge in [0.2, 0.25) is 11.0 Å². The number of imide groups is 1. The van der Waals surface area contributed by atoms with Crippen molar-refractivity contribution < 1.29 is 9.59 Å². The number of thiophene rings is 1. The summed E-state index contributed by atoms with van der Waals surface area (Å²) in [6.45, 7) is 0. The van der Waals surface area contributed by atoms with E-state index in [0.717, 1.165) is 0 Å². The number of thioether (sulfide) groups is 1. The highest BCUT2D eigenvalue weighted by Gasteiger charge is 2.12. The van der Waals surface area contributed by atoms with E-state index < -0.39 is 0 Å². The first-order valence-electron chi connectivity index (χ1n) is 4.74. The normalized spacial score (nSPS) is 10.2. The third kappa shape index (κ3) is 3.52. The molecule has 0 aliphatic heterocycles. The van der Waals surface area contributed by atoms with Crippen LogP contribution in [0.1, 0.15) is 9.67 Å². The quantitative estimate of drug-likeness (QED) is 0.824. The van der Waals surface area contributed by atoms with Crippen molar-refractivity contribution in [2.24, 2.45) is 0 Å². The highest BCUT2D eigenvalue weighted by atomic mass is 32.2. The van der Waals surface area contributed by atoms with E-state index in [0.29, 0.717) is 14.3 Å². The van der Waals surface area contributed by atoms with Gasteiger partial charge in [0, 0.05) is 0 Å². The monoisotopic (exact) mass is 300 g/mol. The van der Waals surface area contributed by atoms with E-state index >= 15 is 0 Å². The van der Waals surface area contributed by atoms with E-state index in [4.69, 9.17) is 5.73 Å². The van der Waals surface area contributed by atoms with Crippen LogP contribution in [0.5, 0.6) is 0 Å². The summed E-state index contributed by atoms with van der Waals surface area (Å²) in [5.41, 5.74) is 5.41. The fourth-order valence-corrected chi connectivity index (χ4v) is 3.09. The van der Waals surface area contributed by atoms with Crippen molar-refractivity contribution >= 4 is 51.4 Å². The highest BCUT2D eigenvalue weighted by Crippen LogP contribution is 2.23. The number of nitrogen functional groups attached to an aromatic ring is 1. The van der Waals surface area contributed by atoms with Crippen LogP contribution in [0.3, 0.4) is 0 Å². The molecule has 0 saturated carbocycles. The van der Waals surface area contributed by atoms with Crippen molar-refractivity contribution in [3.05, 3.63) is 22.4 Å². The number of aromatic nitrogens is 2. The van der Waals surface area contributed by atoms with E-state index in [1.54, 1.807) is 17.5 Å². The zero-order valence-electron chi connectivity index (χ0n) is 8.95. The Balaban J connectivity index is 1.80. The molecule has 0 bridgehead atoms. The van der Waals surface area contributed by atoms with Gasteiger partial charge in [-0.05, 0) is 11.4 Å². The number of carbonyl (C=O) groups excluding carboxylic acids is 2. The third-order valence-electron chi connectivity index (χ3n) is 1.75. The van der Waals surface area contributed by atoms with Crippen LogP contribution in [0.4, 0.5) is 5.13 Å². The van der Waals surface area contributed by atoms with Gasteiger partial charge in [0.15, 0.2) is 4.34 Å². The topological polar surface area (TPSA) is 98.0 Å². The summed E-state index contributed by atoms with van der Waals surface area (Å²) >= 11 is 3.68. The van der Waals surface area contributed by atoms with Crippen molar-refractivity contribution in [1.29, 1.82) is 0 Å². The van der Waals surface area contributed by atoms with Gasteiger partial charge in [-0.25, -0.2) is 0 Å². The minimum absolute atomic E-state index is 0.103. The highest BCUT2D eigenvalue weighted by molar-refractivity contribution is 8.01. The fourth-order valence-electron chi connectivity index (χ4n) is 1.04. The summed E-state index contributed by atoms with van der Waals surface area (Å²) in [4.78, 5) is 23.6. The average molecular weight is 300 g/mol. The van der Waals surface area contributed by atoms with Gasteiger partial charge in [-0.2, -0.15) is 0 Å². The average Bonchev–Trinajstić information content (AvgIpc) is 2.97. The summed E-state index contributed by atoms with van der Waals surface area (Å²) < 4.78 is 0.603. The predicted molar refractivity (Wildman–Crippen MR) is 71.8 cm³/mol. The van der Waals surface area contributed by atoms with Crippen LogP contribution in [-0.4, -0.2) is 27.8 Å². The molecular formula is C9H8N4O2S3. The first-order chi connectivity index (χ1) is 8.65. The molecule has 94 valence electrons. The lowest BCUT2D eigenvalue weighted by Crippen LogP contribution is -2.31. The Morgan fingerprint density at radius 2 is 2.28 bits per heavy atom. The summed E-state index contributed by atoms with van der Waals surface area (Å²) in [6.07, 6.45) is 0. The number of hydrogen-bond donors (Lipinski definition) is 2. The van der Waals surface area contributed by atoms with Gasteiger partial charge in [-0.1, -0.05) is 29.2 Å². The van der Waals surface area contributed by atoms with E-state index in [9.17, 15) is 9.59 Å². The first-order valence-corrected chi connectivity index (χ1v) is 7.43. The molecule has 0 saturated heterocycles. The standard InChI is InChI=1S/C9H8N4O2S3/c10-8-12-13-9(18-8)17-4-6(14)11-7(15)5-2-1-3-16-5/h1-3H,4H2,(H2,10,12)(H,11,14,15). The van der Waals surface area contributed by atoms with Gasteiger partial charge in [-0.3, -0.25) is 14.9 Å². The lowest BCUT2D eigenvalue weighted by Gasteiger charge is -2.00. The Bertz CT molecular complexity index is 552. The Morgan fingerprint density at radius 3 is 2.89 bits per heavy atom. The summed E-state index contributed by atoms with van der Waals surface area (Å²) in [7, 11) is 0. The molecule has 0 atom stereocenters. The number of carbonyl (C=O) groups is 2. The molecule has 2 rings (SSSR count). The molecule has 2 amide bonds. The molecule has 0 unspecified atom stereocenters. The molecule has 0 aromatic carbocycles. The minimum Gasteiger partial charge on any atom is -0.374 e. The molecule has 0 aliphatic rings. The Labute approximate surface area is 115 Å². The van der Waals surface area contributed by atoms with E-state index in [1.165, 1.54) is 34.4 Å². The molecule has 0 fully saturated rings. The van der Waals surface area contributed by atoms with Crippen molar-refractivity contribution in [2.75, 3.05) is 11.5 Å². The molecule has 0 radical (unpaired) electrons. The molecule has 2 heterocycles. The molecule has 6 nitrogen and oxygen atoms in total. The number of nitrogens with two attached hydrogens (primary N) is 1. The molecule has 3 N–H and O–H groups in total. The first kappa shape index (κ1) is 13.0. The van der Waals surface area contributed by atoms with Gasteiger partial charge in [0.05, 0.1) is 10.6 Å². The Hall–Kier alpha value is -1.45. The van der Waals surface area contributed by atoms with E-state index in [-0.39, 0.29) is 17.6 Å². The second kappa shape index (κ2) is 5.94. The lowest BCUT2D eigenvalue weighted by molar-refractivity contribution is -0.117. The summed E-state index contributed by atoms with van der Waals surface area (Å²) in [5.74, 6) is -0.647. The van der Waals surface area contributed by atoms with Gasteiger partial charge in [0.1, 0.15) is 0 Å². The molecular weight excluding hydrogens is 292 g/mol. The Kier molecular flexibility index (Phi) is 4.28. The largest absolute Gasteiger partial charge is 0.374 e. The number of nitrogens with one attached hydrogen (secondary N) is 1. The number of hydrogen-bond acceptors (Lipinski definition) is 8. The maximum atomic E-state index is 11.6. The van der Waals surface area contributed by atoms with Crippen molar-refractivity contribution in [2.45, 2.75) is 4.34 Å². The number of anilines is 1. The maximum absolute atomic E-state index is 11.6. The maximum Gasteiger partial charge on any atom is 0.267 e. The van der Waals surface area contributed by atoms with Gasteiger partial charge in [-0.15, -0.1) is 21.5 Å². The molecule has 0 spiro atoms. The number of nitrogens with zero attached hydrogens (tertiary/aromatic N) is 2. The molecule has 9 heteroatoms. The third-order valence-corrected chi connectivity index (χ3v) is 4.50. The lowest BCUT2D eigenvalue weighted by atomic mass is 10.4. The number of amides is 2. The van der Waals surface area contributed by atoms with Crippen LogP contribution in [0.25, 0.3) is 0 Å². The van der Waals surface area contributed by atoms with Gasteiger partial charge >= 0.3 is 0 Å². The molecule has 0 aliphatic carbocycles. The van der Waals surface area contributed by atoms with E-state index in [1.807, 2.05) is 0 Å². The molecule has 2 aromatic heterocycles. The van der Waals surface area contributed by atoms with Crippen LogP contribution < -0.4 is 11.1 Å². The minimum atomic E-state index is -0.382. The zero-order valence-corrected chi connectivity index (χ0v) is 11.4. The zero-order chi connectivity index (χ0) is 13.0. The second-order valence-corrected chi connectivity index (χ2v) is 6.23. The summed E-state index contributed by atoms with van der Waals surface area (Å²) in [5, 5.41) is 11.8. The molecule has 2 aromatic rings. The SMILES string of the molecule is Nc1nnc(SCC(=O)NC(=O)c2cccs2)s1. The van der Waals surface area contributed by atoms with Crippen LogP contribution >= 0.6 is 34.4 Å². The summed E-state index contributed by atoms with van der Waals surface area (Å²) in [6, 6.07) is 3.41. The van der Waals surface area contributed by atoms with Crippen LogP contribution in [-0.2, 0) is 4.79 Å². The van der Waals surface area contributed by atoms with Crippen molar-refractivity contribution in [1.82, 2.24) is 15.5 Å². The van der Waals surface area contributed by atoms with Crippen LogP contribution in [0.2, 0.25) is 0 Å². The van der Waals surface area contributed by atoms with Crippen LogP contribution in [0.15, 0.2) is 21.9 Å². The predicted octanol–water partition coefficient (Wildman–Crippen LogP) is 1.23. The fraction of sp³-hybridized carbons (Fsp3) is 0.111. The smallest absolute Gasteiger partial charge is 0.267 e. The number of rotatable bonds is 4. The van der Waals surface area contributed by atoms with Crippen LogP contribution in [0, 0.1) is 0 Å². The Morgan fingerprint density at radius 1 is 1.44 bits per heavy atom. The van der Waals surface area contributed by atoms with Crippen molar-refractivity contribution in [3.63, 3.8) is 0 Å². The second-order valence-electron chi connectivity index (χ2n) is 3.05.